The normalized spacial score (nSPS) is 10.6. The van der Waals surface area contributed by atoms with Gasteiger partial charge in [-0.15, -0.1) is 11.3 Å². The summed E-state index contributed by atoms with van der Waals surface area (Å²) < 4.78 is 0. The number of anilines is 3. The maximum absolute atomic E-state index is 12.1. The van der Waals surface area contributed by atoms with E-state index in [0.29, 0.717) is 17.1 Å². The lowest BCUT2D eigenvalue weighted by atomic mass is 10.2. The molecule has 0 aliphatic carbocycles. The van der Waals surface area contributed by atoms with E-state index in [4.69, 9.17) is 0 Å². The van der Waals surface area contributed by atoms with E-state index in [1.807, 2.05) is 30.5 Å². The van der Waals surface area contributed by atoms with Crippen molar-refractivity contribution in [2.45, 2.75) is 6.92 Å². The summed E-state index contributed by atoms with van der Waals surface area (Å²) in [7, 11) is 0. The van der Waals surface area contributed by atoms with Gasteiger partial charge in [-0.05, 0) is 43.3 Å². The lowest BCUT2D eigenvalue weighted by Crippen LogP contribution is -2.19. The highest BCUT2D eigenvalue weighted by Crippen LogP contribution is 2.16. The van der Waals surface area contributed by atoms with Crippen LogP contribution in [-0.2, 0) is 4.79 Å². The molecule has 0 saturated heterocycles. The maximum atomic E-state index is 12.1. The molecular formula is C20H18N4O2S. The summed E-state index contributed by atoms with van der Waals surface area (Å²) in [6.07, 6.45) is 3.09. The van der Waals surface area contributed by atoms with Crippen molar-refractivity contribution in [2.24, 2.45) is 0 Å². The monoisotopic (exact) mass is 378 g/mol. The Balaban J connectivity index is 1.57. The van der Waals surface area contributed by atoms with Gasteiger partial charge in [-0.2, -0.15) is 0 Å². The summed E-state index contributed by atoms with van der Waals surface area (Å²) in [5.74, 6) is -0.272. The minimum absolute atomic E-state index is 0.272. The summed E-state index contributed by atoms with van der Waals surface area (Å²) >= 11 is 1.53. The molecule has 0 aliphatic rings. The van der Waals surface area contributed by atoms with E-state index in [1.165, 1.54) is 17.4 Å². The van der Waals surface area contributed by atoms with Gasteiger partial charge in [0, 0.05) is 28.5 Å². The number of thiazole rings is 1. The molecule has 3 amide bonds. The second kappa shape index (κ2) is 8.77. The minimum atomic E-state index is -0.358. The van der Waals surface area contributed by atoms with Crippen molar-refractivity contribution in [3.05, 3.63) is 76.8 Å². The third kappa shape index (κ3) is 5.79. The van der Waals surface area contributed by atoms with Crippen LogP contribution in [0.25, 0.3) is 6.08 Å². The van der Waals surface area contributed by atoms with Gasteiger partial charge in [-0.25, -0.2) is 9.78 Å². The van der Waals surface area contributed by atoms with E-state index in [2.05, 4.69) is 20.9 Å². The molecule has 2 aromatic carbocycles. The number of benzene rings is 2. The predicted molar refractivity (Wildman–Crippen MR) is 110 cm³/mol. The largest absolute Gasteiger partial charge is 0.323 e. The highest BCUT2D eigenvalue weighted by atomic mass is 32.1. The SMILES string of the molecule is Cc1nc(/C=C/C(=O)Nc2cccc(NC(=O)Nc3ccccc3)c2)cs1. The smallest absolute Gasteiger partial charge is 0.322 e. The first-order valence-corrected chi connectivity index (χ1v) is 9.11. The molecule has 0 atom stereocenters. The summed E-state index contributed by atoms with van der Waals surface area (Å²) in [6.45, 7) is 1.91. The van der Waals surface area contributed by atoms with E-state index in [0.717, 1.165) is 10.7 Å². The molecule has 27 heavy (non-hydrogen) atoms. The van der Waals surface area contributed by atoms with Crippen LogP contribution in [0.15, 0.2) is 66.1 Å². The van der Waals surface area contributed by atoms with Gasteiger partial charge in [0.25, 0.3) is 0 Å². The number of urea groups is 1. The molecule has 3 rings (SSSR count). The topological polar surface area (TPSA) is 83.1 Å². The number of hydrogen-bond acceptors (Lipinski definition) is 4. The average molecular weight is 378 g/mol. The van der Waals surface area contributed by atoms with Crippen molar-refractivity contribution >= 4 is 46.4 Å². The number of carbonyl (C=O) groups excluding carboxylic acids is 2. The summed E-state index contributed by atoms with van der Waals surface area (Å²) in [6, 6.07) is 15.7. The number of nitrogens with one attached hydrogen (secondary N) is 3. The first-order chi connectivity index (χ1) is 13.1. The molecular weight excluding hydrogens is 360 g/mol. The molecule has 1 heterocycles. The Kier molecular flexibility index (Phi) is 5.96. The standard InChI is InChI=1S/C20H18N4O2S/c1-14-21-18(13-27-14)10-11-19(25)22-16-8-5-9-17(12-16)24-20(26)23-15-6-3-2-4-7-15/h2-13H,1H3,(H,22,25)(H2,23,24,26)/b11-10+. The van der Waals surface area contributed by atoms with E-state index >= 15 is 0 Å². The van der Waals surface area contributed by atoms with Gasteiger partial charge in [0.15, 0.2) is 0 Å². The second-order valence-corrected chi connectivity index (χ2v) is 6.70. The van der Waals surface area contributed by atoms with Crippen LogP contribution in [0.5, 0.6) is 0 Å². The van der Waals surface area contributed by atoms with Crippen molar-refractivity contribution in [3.8, 4) is 0 Å². The zero-order valence-corrected chi connectivity index (χ0v) is 15.4. The van der Waals surface area contributed by atoms with Crippen LogP contribution >= 0.6 is 11.3 Å². The Labute approximate surface area is 161 Å². The first kappa shape index (κ1) is 18.3. The minimum Gasteiger partial charge on any atom is -0.322 e. The maximum Gasteiger partial charge on any atom is 0.323 e. The summed E-state index contributed by atoms with van der Waals surface area (Å²) in [5.41, 5.74) is 2.60. The van der Waals surface area contributed by atoms with E-state index in [9.17, 15) is 9.59 Å². The van der Waals surface area contributed by atoms with Gasteiger partial charge in [0.05, 0.1) is 10.7 Å². The van der Waals surface area contributed by atoms with Gasteiger partial charge in [-0.1, -0.05) is 24.3 Å². The van der Waals surface area contributed by atoms with Gasteiger partial charge < -0.3 is 16.0 Å². The molecule has 3 aromatic rings. The fourth-order valence-electron chi connectivity index (χ4n) is 2.29. The summed E-state index contributed by atoms with van der Waals surface area (Å²) in [4.78, 5) is 28.4. The van der Waals surface area contributed by atoms with E-state index in [1.54, 1.807) is 42.5 Å². The molecule has 136 valence electrons. The molecule has 3 N–H and O–H groups in total. The molecule has 7 heteroatoms. The lowest BCUT2D eigenvalue weighted by Gasteiger charge is -2.09. The van der Waals surface area contributed by atoms with Crippen LogP contribution in [0.1, 0.15) is 10.7 Å². The summed E-state index contributed by atoms with van der Waals surface area (Å²) in [5, 5.41) is 11.1. The van der Waals surface area contributed by atoms with Crippen molar-refractivity contribution < 1.29 is 9.59 Å². The third-order valence-corrected chi connectivity index (χ3v) is 4.25. The molecule has 0 unspecified atom stereocenters. The molecule has 0 aliphatic heterocycles. The van der Waals surface area contributed by atoms with Gasteiger partial charge >= 0.3 is 6.03 Å². The number of aryl methyl sites for hydroxylation is 1. The number of rotatable bonds is 5. The van der Waals surface area contributed by atoms with Crippen LogP contribution in [0.4, 0.5) is 21.9 Å². The fourth-order valence-corrected chi connectivity index (χ4v) is 2.87. The molecule has 0 fully saturated rings. The number of amides is 3. The Hall–Kier alpha value is -3.45. The van der Waals surface area contributed by atoms with Gasteiger partial charge in [0.1, 0.15) is 0 Å². The van der Waals surface area contributed by atoms with Crippen molar-refractivity contribution in [3.63, 3.8) is 0 Å². The first-order valence-electron chi connectivity index (χ1n) is 8.23. The molecule has 0 spiro atoms. The number of nitrogens with zero attached hydrogens (tertiary/aromatic N) is 1. The zero-order chi connectivity index (χ0) is 19.1. The van der Waals surface area contributed by atoms with Crippen molar-refractivity contribution in [2.75, 3.05) is 16.0 Å². The van der Waals surface area contributed by atoms with Gasteiger partial charge in [-0.3, -0.25) is 4.79 Å². The Morgan fingerprint density at radius 1 is 0.926 bits per heavy atom. The number of hydrogen-bond donors (Lipinski definition) is 3. The Bertz CT molecular complexity index is 967. The van der Waals surface area contributed by atoms with Crippen LogP contribution < -0.4 is 16.0 Å². The van der Waals surface area contributed by atoms with Crippen LogP contribution in [-0.4, -0.2) is 16.9 Å². The predicted octanol–water partition coefficient (Wildman–Crippen LogP) is 4.75. The molecule has 6 nitrogen and oxygen atoms in total. The van der Waals surface area contributed by atoms with Crippen LogP contribution in [0.3, 0.4) is 0 Å². The molecule has 0 bridgehead atoms. The number of carbonyl (C=O) groups is 2. The zero-order valence-electron chi connectivity index (χ0n) is 14.6. The highest BCUT2D eigenvalue weighted by Gasteiger charge is 2.04. The van der Waals surface area contributed by atoms with Crippen LogP contribution in [0, 0.1) is 6.92 Å². The Morgan fingerprint density at radius 3 is 2.30 bits per heavy atom. The number of para-hydroxylation sites is 1. The van der Waals surface area contributed by atoms with E-state index in [-0.39, 0.29) is 11.9 Å². The van der Waals surface area contributed by atoms with Crippen LogP contribution in [0.2, 0.25) is 0 Å². The molecule has 1 aromatic heterocycles. The van der Waals surface area contributed by atoms with Gasteiger partial charge in [0.2, 0.25) is 5.91 Å². The highest BCUT2D eigenvalue weighted by molar-refractivity contribution is 7.09. The number of aromatic nitrogens is 1. The lowest BCUT2D eigenvalue weighted by molar-refractivity contribution is -0.111. The molecule has 0 radical (unpaired) electrons. The second-order valence-electron chi connectivity index (χ2n) is 5.64. The van der Waals surface area contributed by atoms with Crippen molar-refractivity contribution in [1.82, 2.24) is 4.98 Å². The Morgan fingerprint density at radius 2 is 1.59 bits per heavy atom. The van der Waals surface area contributed by atoms with E-state index < -0.39 is 0 Å². The molecule has 0 saturated carbocycles. The van der Waals surface area contributed by atoms with Crippen molar-refractivity contribution in [1.29, 1.82) is 0 Å². The average Bonchev–Trinajstić information content (AvgIpc) is 3.06. The third-order valence-electron chi connectivity index (χ3n) is 3.46. The quantitative estimate of drug-likeness (QED) is 0.560. The fraction of sp³-hybridized carbons (Fsp3) is 0.0500.